The van der Waals surface area contributed by atoms with Crippen LogP contribution in [-0.4, -0.2) is 78.1 Å². The first kappa shape index (κ1) is 24.8. The molecule has 11 heteroatoms. The Morgan fingerprint density at radius 1 is 1.09 bits per heavy atom. The molecule has 3 amide bonds. The maximum Gasteiger partial charge on any atom is 0.416 e. The van der Waals surface area contributed by atoms with Crippen LogP contribution in [0.3, 0.4) is 0 Å². The number of nitrogens with zero attached hydrogens (tertiary/aromatic N) is 2. The van der Waals surface area contributed by atoms with Crippen LogP contribution in [0.2, 0.25) is 0 Å². The van der Waals surface area contributed by atoms with E-state index in [2.05, 4.69) is 15.5 Å². The molecule has 33 heavy (non-hydrogen) atoms. The van der Waals surface area contributed by atoms with Crippen LogP contribution in [-0.2, 0) is 11.0 Å². The molecule has 0 spiro atoms. The zero-order chi connectivity index (χ0) is 24.0. The number of amides is 3. The van der Waals surface area contributed by atoms with Crippen LogP contribution in [0, 0.1) is 5.92 Å². The Hall–Kier alpha value is -2.82. The van der Waals surface area contributed by atoms with E-state index in [0.717, 1.165) is 57.0 Å². The number of piperidine rings is 1. The largest absolute Gasteiger partial charge is 0.465 e. The Kier molecular flexibility index (Phi) is 8.17. The van der Waals surface area contributed by atoms with Gasteiger partial charge in [-0.2, -0.15) is 13.2 Å². The second-order valence-corrected chi connectivity index (χ2v) is 8.62. The molecule has 0 unspecified atom stereocenters. The molecular formula is C22H29F3N4O4. The Balaban J connectivity index is 1.34. The highest BCUT2D eigenvalue weighted by atomic mass is 19.4. The van der Waals surface area contributed by atoms with Gasteiger partial charge in [-0.15, -0.1) is 0 Å². The molecule has 0 aromatic heterocycles. The topological polar surface area (TPSA) is 102 Å². The van der Waals surface area contributed by atoms with Gasteiger partial charge in [0.2, 0.25) is 5.91 Å². The molecule has 8 nitrogen and oxygen atoms in total. The lowest BCUT2D eigenvalue weighted by molar-refractivity contribution is -0.137. The molecule has 0 radical (unpaired) electrons. The first-order valence-electron chi connectivity index (χ1n) is 11.1. The fraction of sp³-hybridized carbons (Fsp3) is 0.591. The summed E-state index contributed by atoms with van der Waals surface area (Å²) in [6.45, 7) is 3.26. The van der Waals surface area contributed by atoms with Gasteiger partial charge in [-0.05, 0) is 56.3 Å². The minimum absolute atomic E-state index is 0.0446. The maximum absolute atomic E-state index is 12.8. The predicted octanol–water partition coefficient (Wildman–Crippen LogP) is 2.41. The Bertz CT molecular complexity index is 856. The van der Waals surface area contributed by atoms with Gasteiger partial charge < -0.3 is 25.5 Å². The summed E-state index contributed by atoms with van der Waals surface area (Å²) >= 11 is 0. The predicted molar refractivity (Wildman–Crippen MR) is 114 cm³/mol. The van der Waals surface area contributed by atoms with Crippen molar-refractivity contribution in [3.63, 3.8) is 0 Å². The molecule has 0 aliphatic carbocycles. The van der Waals surface area contributed by atoms with E-state index in [0.29, 0.717) is 25.6 Å². The third kappa shape index (κ3) is 7.34. The van der Waals surface area contributed by atoms with E-state index in [1.54, 1.807) is 0 Å². The average Bonchev–Trinajstić information content (AvgIpc) is 3.23. The number of hydrogen-bond donors (Lipinski definition) is 3. The fourth-order valence-electron chi connectivity index (χ4n) is 4.31. The van der Waals surface area contributed by atoms with Crippen LogP contribution >= 0.6 is 0 Å². The number of rotatable bonds is 7. The number of nitrogens with one attached hydrogen (secondary N) is 2. The zero-order valence-corrected chi connectivity index (χ0v) is 18.2. The van der Waals surface area contributed by atoms with E-state index in [4.69, 9.17) is 5.11 Å². The molecule has 182 valence electrons. The quantitative estimate of drug-likeness (QED) is 0.568. The van der Waals surface area contributed by atoms with E-state index < -0.39 is 23.7 Å². The van der Waals surface area contributed by atoms with Gasteiger partial charge in [0.1, 0.15) is 0 Å². The second kappa shape index (κ2) is 10.9. The maximum atomic E-state index is 12.8. The van der Waals surface area contributed by atoms with Crippen LogP contribution in [0.4, 0.5) is 18.0 Å². The first-order valence-corrected chi connectivity index (χ1v) is 11.1. The fourth-order valence-corrected chi connectivity index (χ4v) is 4.31. The van der Waals surface area contributed by atoms with Crippen molar-refractivity contribution in [1.82, 2.24) is 20.4 Å². The molecule has 2 heterocycles. The molecule has 3 N–H and O–H groups in total. The summed E-state index contributed by atoms with van der Waals surface area (Å²) in [6, 6.07) is 4.02. The third-order valence-corrected chi connectivity index (χ3v) is 6.24. The number of benzene rings is 1. The van der Waals surface area contributed by atoms with Gasteiger partial charge in [0, 0.05) is 37.8 Å². The number of halogens is 3. The van der Waals surface area contributed by atoms with Gasteiger partial charge in [0.05, 0.1) is 12.1 Å². The molecule has 1 aromatic carbocycles. The Morgan fingerprint density at radius 2 is 1.82 bits per heavy atom. The molecule has 1 aromatic rings. The molecule has 1 atom stereocenters. The summed E-state index contributed by atoms with van der Waals surface area (Å²) in [6.07, 6.45) is -1.90. The van der Waals surface area contributed by atoms with Crippen molar-refractivity contribution in [2.45, 2.75) is 37.9 Å². The van der Waals surface area contributed by atoms with Crippen LogP contribution in [0.1, 0.15) is 41.6 Å². The summed E-state index contributed by atoms with van der Waals surface area (Å²) < 4.78 is 38.4. The molecular weight excluding hydrogens is 441 g/mol. The normalized spacial score (nSPS) is 20.0. The number of carbonyl (C=O) groups excluding carboxylic acids is 2. The summed E-state index contributed by atoms with van der Waals surface area (Å²) in [5.41, 5.74) is -1.07. The summed E-state index contributed by atoms with van der Waals surface area (Å²) in [5, 5.41) is 14.2. The Labute approximate surface area is 190 Å². The van der Waals surface area contributed by atoms with Crippen molar-refractivity contribution in [1.29, 1.82) is 0 Å². The second-order valence-electron chi connectivity index (χ2n) is 8.62. The van der Waals surface area contributed by atoms with E-state index in [9.17, 15) is 27.6 Å². The molecule has 0 saturated carbocycles. The van der Waals surface area contributed by atoms with Crippen molar-refractivity contribution in [2.75, 3.05) is 39.3 Å². The van der Waals surface area contributed by atoms with Gasteiger partial charge in [0.15, 0.2) is 0 Å². The van der Waals surface area contributed by atoms with Gasteiger partial charge in [0.25, 0.3) is 5.91 Å². The van der Waals surface area contributed by atoms with E-state index in [-0.39, 0.29) is 24.1 Å². The lowest BCUT2D eigenvalue weighted by Crippen LogP contribution is -2.43. The van der Waals surface area contributed by atoms with Crippen LogP contribution in [0.5, 0.6) is 0 Å². The number of carboxylic acid groups (broad SMARTS) is 1. The minimum Gasteiger partial charge on any atom is -0.465 e. The SMILES string of the molecule is O=C(CNC(=O)c1cccc(C(F)(F)F)c1)N[C@@H]1CCN(CCC2CCN(C(=O)O)CC2)C1. The average molecular weight is 470 g/mol. The molecule has 2 aliphatic heterocycles. The Morgan fingerprint density at radius 3 is 2.48 bits per heavy atom. The first-order chi connectivity index (χ1) is 15.6. The highest BCUT2D eigenvalue weighted by Crippen LogP contribution is 2.29. The lowest BCUT2D eigenvalue weighted by atomic mass is 9.93. The lowest BCUT2D eigenvalue weighted by Gasteiger charge is -2.30. The van der Waals surface area contributed by atoms with Gasteiger partial charge in [-0.3, -0.25) is 9.59 Å². The summed E-state index contributed by atoms with van der Waals surface area (Å²) in [4.78, 5) is 39.0. The van der Waals surface area contributed by atoms with Crippen molar-refractivity contribution in [3.8, 4) is 0 Å². The highest BCUT2D eigenvalue weighted by Gasteiger charge is 2.31. The third-order valence-electron chi connectivity index (χ3n) is 6.24. The van der Waals surface area contributed by atoms with Crippen LogP contribution in [0.15, 0.2) is 24.3 Å². The van der Waals surface area contributed by atoms with Crippen molar-refractivity contribution in [2.24, 2.45) is 5.92 Å². The standard InChI is InChI=1S/C22H29F3N4O4/c23-22(24,25)17-3-1-2-16(12-17)20(31)26-13-19(30)27-18-7-9-28(14-18)8-4-15-5-10-29(11-6-15)21(32)33/h1-3,12,15,18H,4-11,13-14H2,(H,26,31)(H,27,30)(H,32,33)/t18-/m1/s1. The zero-order valence-electron chi connectivity index (χ0n) is 18.2. The highest BCUT2D eigenvalue weighted by molar-refractivity contribution is 5.96. The van der Waals surface area contributed by atoms with E-state index >= 15 is 0 Å². The smallest absolute Gasteiger partial charge is 0.416 e. The molecule has 2 fully saturated rings. The summed E-state index contributed by atoms with van der Waals surface area (Å²) in [5.74, 6) is -0.623. The van der Waals surface area contributed by atoms with Gasteiger partial charge in [-0.25, -0.2) is 4.79 Å². The minimum atomic E-state index is -4.54. The number of carbonyl (C=O) groups is 3. The van der Waals surface area contributed by atoms with Gasteiger partial charge in [-0.1, -0.05) is 6.07 Å². The number of hydrogen-bond acceptors (Lipinski definition) is 4. The number of likely N-dealkylation sites (tertiary alicyclic amines) is 2. The number of alkyl halides is 3. The van der Waals surface area contributed by atoms with E-state index in [1.807, 2.05) is 0 Å². The van der Waals surface area contributed by atoms with Crippen LogP contribution in [0.25, 0.3) is 0 Å². The molecule has 2 aliphatic rings. The molecule has 0 bridgehead atoms. The van der Waals surface area contributed by atoms with Crippen molar-refractivity contribution < 1.29 is 32.7 Å². The van der Waals surface area contributed by atoms with Crippen molar-refractivity contribution in [3.05, 3.63) is 35.4 Å². The molecule has 3 rings (SSSR count). The summed E-state index contributed by atoms with van der Waals surface area (Å²) in [7, 11) is 0. The van der Waals surface area contributed by atoms with Gasteiger partial charge >= 0.3 is 12.3 Å². The van der Waals surface area contributed by atoms with Crippen LogP contribution < -0.4 is 10.6 Å². The molecule has 2 saturated heterocycles. The van der Waals surface area contributed by atoms with Crippen molar-refractivity contribution >= 4 is 17.9 Å². The monoisotopic (exact) mass is 470 g/mol. The van der Waals surface area contributed by atoms with E-state index in [1.165, 1.54) is 11.0 Å².